The van der Waals surface area contributed by atoms with Crippen LogP contribution in [0.25, 0.3) is 0 Å². The Bertz CT molecular complexity index is 1310. The molecule has 2 atom stereocenters. The molecule has 10 nitrogen and oxygen atoms in total. The van der Waals surface area contributed by atoms with Gasteiger partial charge in [0.2, 0.25) is 11.8 Å². The number of hydrogen-bond donors (Lipinski definition) is 2. The second-order valence-corrected chi connectivity index (χ2v) is 10.3. The molecule has 6 rings (SSSR count). The van der Waals surface area contributed by atoms with Crippen LogP contribution in [0.5, 0.6) is 11.5 Å². The number of piperidine rings is 2. The SMILES string of the molecule is O=C1CCC(N2Cc3cc(OCC4CCCCN4Cc4cccc5c4NC(=O)CO5)ccc3C2=O)C(=O)N1. The van der Waals surface area contributed by atoms with Gasteiger partial charge in [0.05, 0.1) is 5.69 Å². The Labute approximate surface area is 220 Å². The highest BCUT2D eigenvalue weighted by atomic mass is 16.5. The van der Waals surface area contributed by atoms with Crippen LogP contribution < -0.4 is 20.1 Å². The van der Waals surface area contributed by atoms with Gasteiger partial charge < -0.3 is 19.7 Å². The van der Waals surface area contributed by atoms with Crippen LogP contribution in [0.4, 0.5) is 5.69 Å². The monoisotopic (exact) mass is 518 g/mol. The average Bonchev–Trinajstić information content (AvgIpc) is 3.23. The summed E-state index contributed by atoms with van der Waals surface area (Å²) in [6.45, 7) is 2.47. The highest BCUT2D eigenvalue weighted by Crippen LogP contribution is 2.34. The van der Waals surface area contributed by atoms with E-state index in [0.717, 1.165) is 42.6 Å². The molecule has 4 heterocycles. The number of likely N-dealkylation sites (tertiary alicyclic amines) is 1. The van der Waals surface area contributed by atoms with Crippen molar-refractivity contribution in [2.45, 2.75) is 57.3 Å². The van der Waals surface area contributed by atoms with Gasteiger partial charge in [-0.25, -0.2) is 0 Å². The van der Waals surface area contributed by atoms with Crippen LogP contribution in [0, 0.1) is 0 Å². The molecule has 2 fully saturated rings. The lowest BCUT2D eigenvalue weighted by Crippen LogP contribution is -2.52. The number of carbonyl (C=O) groups is 4. The Morgan fingerprint density at radius 3 is 2.76 bits per heavy atom. The van der Waals surface area contributed by atoms with E-state index in [9.17, 15) is 19.2 Å². The fourth-order valence-corrected chi connectivity index (χ4v) is 5.80. The van der Waals surface area contributed by atoms with Crippen molar-refractivity contribution in [2.75, 3.05) is 25.1 Å². The van der Waals surface area contributed by atoms with Gasteiger partial charge in [-0.15, -0.1) is 0 Å². The molecule has 4 aliphatic rings. The van der Waals surface area contributed by atoms with Crippen molar-refractivity contribution in [1.82, 2.24) is 15.1 Å². The molecule has 2 unspecified atom stereocenters. The van der Waals surface area contributed by atoms with Crippen LogP contribution in [0.3, 0.4) is 0 Å². The van der Waals surface area contributed by atoms with Crippen LogP contribution in [0.2, 0.25) is 0 Å². The van der Waals surface area contributed by atoms with Crippen molar-refractivity contribution in [2.24, 2.45) is 0 Å². The van der Waals surface area contributed by atoms with Gasteiger partial charge in [-0.05, 0) is 61.2 Å². The largest absolute Gasteiger partial charge is 0.492 e. The smallest absolute Gasteiger partial charge is 0.262 e. The number of imide groups is 1. The molecular formula is C28H30N4O6. The number of ether oxygens (including phenoxy) is 2. The number of carbonyl (C=O) groups excluding carboxylic acids is 4. The van der Waals surface area contributed by atoms with Gasteiger partial charge in [0.25, 0.3) is 11.8 Å². The first-order valence-corrected chi connectivity index (χ1v) is 13.2. The summed E-state index contributed by atoms with van der Waals surface area (Å²) >= 11 is 0. The molecule has 4 aliphatic heterocycles. The Morgan fingerprint density at radius 2 is 1.89 bits per heavy atom. The quantitative estimate of drug-likeness (QED) is 0.563. The van der Waals surface area contributed by atoms with Crippen LogP contribution >= 0.6 is 0 Å². The molecule has 4 amide bonds. The minimum Gasteiger partial charge on any atom is -0.492 e. The maximum atomic E-state index is 13.0. The normalized spacial score (nSPS) is 23.3. The molecule has 198 valence electrons. The Balaban J connectivity index is 1.12. The predicted molar refractivity (Wildman–Crippen MR) is 137 cm³/mol. The molecule has 2 N–H and O–H groups in total. The van der Waals surface area contributed by atoms with Gasteiger partial charge in [-0.2, -0.15) is 0 Å². The number of fused-ring (bicyclic) bond motifs is 2. The molecule has 0 spiro atoms. The first-order valence-electron chi connectivity index (χ1n) is 13.2. The minimum absolute atomic E-state index is 0.0360. The van der Waals surface area contributed by atoms with Crippen molar-refractivity contribution in [3.8, 4) is 11.5 Å². The van der Waals surface area contributed by atoms with E-state index in [4.69, 9.17) is 9.47 Å². The fourth-order valence-electron chi connectivity index (χ4n) is 5.80. The van der Waals surface area contributed by atoms with Gasteiger partial charge in [-0.3, -0.25) is 29.4 Å². The predicted octanol–water partition coefficient (Wildman–Crippen LogP) is 2.21. The molecule has 0 aliphatic carbocycles. The fraction of sp³-hybridized carbons (Fsp3) is 0.429. The first kappa shape index (κ1) is 24.4. The van der Waals surface area contributed by atoms with Crippen LogP contribution in [-0.2, 0) is 27.5 Å². The number of anilines is 1. The summed E-state index contributed by atoms with van der Waals surface area (Å²) in [6, 6.07) is 10.9. The van der Waals surface area contributed by atoms with Gasteiger partial charge >= 0.3 is 0 Å². The number of hydrogen-bond acceptors (Lipinski definition) is 7. The third-order valence-corrected chi connectivity index (χ3v) is 7.80. The van der Waals surface area contributed by atoms with E-state index >= 15 is 0 Å². The van der Waals surface area contributed by atoms with E-state index < -0.39 is 11.9 Å². The second-order valence-electron chi connectivity index (χ2n) is 10.3. The third-order valence-electron chi connectivity index (χ3n) is 7.80. The Hall–Kier alpha value is -3.92. The molecule has 0 aromatic heterocycles. The lowest BCUT2D eigenvalue weighted by atomic mass is 10.0. The Morgan fingerprint density at radius 1 is 1.00 bits per heavy atom. The minimum atomic E-state index is -0.633. The summed E-state index contributed by atoms with van der Waals surface area (Å²) in [5.74, 6) is 0.336. The number of rotatable bonds is 6. The summed E-state index contributed by atoms with van der Waals surface area (Å²) < 4.78 is 11.8. The maximum absolute atomic E-state index is 13.0. The summed E-state index contributed by atoms with van der Waals surface area (Å²) in [4.78, 5) is 52.6. The zero-order valence-corrected chi connectivity index (χ0v) is 21.0. The highest BCUT2D eigenvalue weighted by molar-refractivity contribution is 6.05. The standard InChI is InChI=1S/C28H30N4O6/c33-24-10-9-22(27(35)30-24)32-14-18-12-20(7-8-21(18)28(32)36)37-15-19-5-1-2-11-31(19)13-17-4-3-6-23-26(17)29-25(34)16-38-23/h3-4,6-8,12,19,22H,1-2,5,9-11,13-16H2,(H,29,34)(H,30,33,35). The van der Waals surface area contributed by atoms with Crippen molar-refractivity contribution >= 4 is 29.3 Å². The summed E-state index contributed by atoms with van der Waals surface area (Å²) in [6.07, 6.45) is 3.80. The molecule has 38 heavy (non-hydrogen) atoms. The lowest BCUT2D eigenvalue weighted by Gasteiger charge is -2.36. The molecular weight excluding hydrogens is 488 g/mol. The molecule has 10 heteroatoms. The topological polar surface area (TPSA) is 117 Å². The zero-order valence-electron chi connectivity index (χ0n) is 21.0. The molecule has 0 bridgehead atoms. The van der Waals surface area contributed by atoms with Crippen molar-refractivity contribution in [1.29, 1.82) is 0 Å². The van der Waals surface area contributed by atoms with Crippen molar-refractivity contribution in [3.05, 3.63) is 53.1 Å². The van der Waals surface area contributed by atoms with Crippen LogP contribution in [0.1, 0.15) is 53.6 Å². The van der Waals surface area contributed by atoms with Gasteiger partial charge in [0, 0.05) is 31.1 Å². The number of amides is 4. The second kappa shape index (κ2) is 10.1. The average molecular weight is 519 g/mol. The van der Waals surface area contributed by atoms with E-state index in [0.29, 0.717) is 43.2 Å². The third kappa shape index (κ3) is 4.71. The molecule has 2 saturated heterocycles. The molecule has 0 radical (unpaired) electrons. The summed E-state index contributed by atoms with van der Waals surface area (Å²) in [5, 5.41) is 5.29. The maximum Gasteiger partial charge on any atom is 0.262 e. The van der Waals surface area contributed by atoms with E-state index in [1.807, 2.05) is 24.3 Å². The summed E-state index contributed by atoms with van der Waals surface area (Å²) in [7, 11) is 0. The van der Waals surface area contributed by atoms with Crippen LogP contribution in [0.15, 0.2) is 36.4 Å². The zero-order chi connectivity index (χ0) is 26.2. The Kier molecular flexibility index (Phi) is 6.49. The summed E-state index contributed by atoms with van der Waals surface area (Å²) in [5.41, 5.74) is 3.16. The van der Waals surface area contributed by atoms with E-state index in [1.54, 1.807) is 17.0 Å². The van der Waals surface area contributed by atoms with Gasteiger partial charge in [0.15, 0.2) is 6.61 Å². The number of nitrogens with one attached hydrogen (secondary N) is 2. The van der Waals surface area contributed by atoms with E-state index in [-0.39, 0.29) is 36.8 Å². The van der Waals surface area contributed by atoms with Gasteiger partial charge in [0.1, 0.15) is 24.1 Å². The van der Waals surface area contributed by atoms with Crippen molar-refractivity contribution in [3.63, 3.8) is 0 Å². The lowest BCUT2D eigenvalue weighted by molar-refractivity contribution is -0.137. The van der Waals surface area contributed by atoms with E-state index in [2.05, 4.69) is 15.5 Å². The molecule has 0 saturated carbocycles. The van der Waals surface area contributed by atoms with Gasteiger partial charge in [-0.1, -0.05) is 18.6 Å². The number of nitrogens with zero attached hydrogens (tertiary/aromatic N) is 2. The van der Waals surface area contributed by atoms with Crippen LogP contribution in [-0.4, -0.2) is 65.3 Å². The molecule has 2 aromatic rings. The van der Waals surface area contributed by atoms with Crippen molar-refractivity contribution < 1.29 is 28.7 Å². The first-order chi connectivity index (χ1) is 18.5. The number of benzene rings is 2. The highest BCUT2D eigenvalue weighted by Gasteiger charge is 2.39. The van der Waals surface area contributed by atoms with E-state index in [1.165, 1.54) is 0 Å². The number of para-hydroxylation sites is 1. The molecule has 2 aromatic carbocycles.